The maximum absolute atomic E-state index is 12.6. The molecular formula is C28H28N4O2SZn. The molecular weight excluding hydrogens is 522 g/mol. The summed E-state index contributed by atoms with van der Waals surface area (Å²) in [4.78, 5) is 19.7. The second kappa shape index (κ2) is 8.22. The number of hydrogen-bond donors (Lipinski definition) is 0. The van der Waals surface area contributed by atoms with E-state index in [0.717, 1.165) is 73.6 Å². The summed E-state index contributed by atoms with van der Waals surface area (Å²) in [6, 6.07) is 8.07. The molecule has 0 unspecified atom stereocenters. The number of fused-ring (bicyclic) bond motifs is 11. The van der Waals surface area contributed by atoms with Crippen molar-refractivity contribution in [1.29, 1.82) is 0 Å². The number of aryl methyl sites for hydroxylation is 2. The molecule has 180 valence electrons. The van der Waals surface area contributed by atoms with Crippen LogP contribution in [-0.2, 0) is 52.7 Å². The van der Waals surface area contributed by atoms with Gasteiger partial charge >= 0.3 is 19.5 Å². The van der Waals surface area contributed by atoms with Gasteiger partial charge in [0.2, 0.25) is 0 Å². The van der Waals surface area contributed by atoms with Crippen molar-refractivity contribution >= 4 is 43.1 Å². The third-order valence-electron chi connectivity index (χ3n) is 7.80. The molecule has 3 aliphatic rings. The fourth-order valence-electron chi connectivity index (χ4n) is 5.30. The largest absolute Gasteiger partial charge is 2.00 e. The summed E-state index contributed by atoms with van der Waals surface area (Å²) in [7, 11) is -3.19. The zero-order chi connectivity index (χ0) is 24.9. The van der Waals surface area contributed by atoms with Crippen LogP contribution in [0, 0.1) is 13.8 Å². The van der Waals surface area contributed by atoms with Crippen LogP contribution >= 0.6 is 0 Å². The van der Waals surface area contributed by atoms with Gasteiger partial charge in [0, 0.05) is 23.2 Å². The van der Waals surface area contributed by atoms with Gasteiger partial charge in [0.1, 0.15) is 0 Å². The number of aromatic nitrogens is 4. The van der Waals surface area contributed by atoms with E-state index in [1.54, 1.807) is 0 Å². The van der Waals surface area contributed by atoms with Crippen molar-refractivity contribution in [1.82, 2.24) is 19.9 Å². The summed E-state index contributed by atoms with van der Waals surface area (Å²) in [5.41, 5.74) is 12.7. The minimum absolute atomic E-state index is 0. The van der Waals surface area contributed by atoms with Gasteiger partial charge in [0.15, 0.2) is 9.84 Å². The van der Waals surface area contributed by atoms with E-state index in [-0.39, 0.29) is 36.4 Å². The molecule has 8 bridgehead atoms. The predicted molar refractivity (Wildman–Crippen MR) is 140 cm³/mol. The molecule has 6 rings (SSSR count). The van der Waals surface area contributed by atoms with E-state index in [0.29, 0.717) is 11.0 Å². The molecule has 0 radical (unpaired) electrons. The zero-order valence-corrected chi connectivity index (χ0v) is 25.4. The molecule has 0 spiro atoms. The van der Waals surface area contributed by atoms with Gasteiger partial charge in [0.05, 0.1) is 22.9 Å². The first-order chi connectivity index (χ1) is 16.4. The van der Waals surface area contributed by atoms with Gasteiger partial charge in [-0.05, 0) is 50.0 Å². The molecule has 0 fully saturated rings. The van der Waals surface area contributed by atoms with E-state index in [1.165, 1.54) is 0 Å². The predicted octanol–water partition coefficient (Wildman–Crippen LogP) is 5.09. The summed E-state index contributed by atoms with van der Waals surface area (Å²) in [6.07, 6.45) is 0.787. The van der Waals surface area contributed by atoms with E-state index >= 15 is 0 Å². The Morgan fingerprint density at radius 2 is 1.25 bits per heavy atom. The van der Waals surface area contributed by atoms with Crippen molar-refractivity contribution in [2.45, 2.75) is 64.9 Å². The van der Waals surface area contributed by atoms with Gasteiger partial charge in [-0.3, -0.25) is 4.98 Å². The van der Waals surface area contributed by atoms with Gasteiger partial charge in [-0.25, -0.2) is 13.4 Å². The van der Waals surface area contributed by atoms with E-state index in [4.69, 9.17) is 19.9 Å². The van der Waals surface area contributed by atoms with Crippen molar-refractivity contribution in [2.24, 2.45) is 0 Å². The average molecular weight is 550 g/mol. The fourth-order valence-corrected chi connectivity index (χ4v) is 6.92. The topological polar surface area (TPSA) is 88.1 Å². The number of allylic oxidation sites excluding steroid dienone is 2. The Balaban J connectivity index is 0.00000267. The molecule has 0 saturated heterocycles. The molecule has 0 amide bonds. The van der Waals surface area contributed by atoms with Gasteiger partial charge in [-0.15, -0.1) is 22.1 Å². The molecule has 3 aliphatic heterocycles. The van der Waals surface area contributed by atoms with Crippen LogP contribution in [-0.4, -0.2) is 18.4 Å². The minimum atomic E-state index is -3.19. The fraction of sp³-hybridized carbons (Fsp3) is 0.357. The van der Waals surface area contributed by atoms with Crippen LogP contribution in [0.25, 0.3) is 33.2 Å². The molecule has 0 aliphatic carbocycles. The summed E-state index contributed by atoms with van der Waals surface area (Å²) < 4.78 is 25.2. The molecule has 8 heteroatoms. The molecule has 0 saturated carbocycles. The second-order valence-electron chi connectivity index (χ2n) is 10.8. The van der Waals surface area contributed by atoms with Crippen LogP contribution in [0.2, 0.25) is 0 Å². The normalized spacial score (nSPS) is 17.7. The standard InChI is InChI=1S/C28H28N4O2S.Zn/c1-14-15(2)22-8-23-16(3)17(4)24(31-23)9-25-19-12-35(33,34)13-20(19)26(32-25)10-27-28(5,6)11-18(29-27)7-21(14)30-22;/h7-10H,11-13H2,1-6H3;/q-2;+2. The first-order valence-electron chi connectivity index (χ1n) is 11.9. The number of sulfone groups is 1. The quantitative estimate of drug-likeness (QED) is 0.363. The molecule has 3 aromatic heterocycles. The van der Waals surface area contributed by atoms with Crippen LogP contribution in [0.3, 0.4) is 0 Å². The van der Waals surface area contributed by atoms with Crippen molar-refractivity contribution in [3.05, 3.63) is 69.3 Å². The van der Waals surface area contributed by atoms with Crippen molar-refractivity contribution in [2.75, 3.05) is 0 Å². The van der Waals surface area contributed by atoms with E-state index in [1.807, 2.05) is 12.1 Å². The van der Waals surface area contributed by atoms with Gasteiger partial charge in [0.25, 0.3) is 0 Å². The van der Waals surface area contributed by atoms with E-state index in [2.05, 4.69) is 53.7 Å². The zero-order valence-electron chi connectivity index (χ0n) is 21.7. The minimum Gasteiger partial charge on any atom is -0.657 e. The molecule has 36 heavy (non-hydrogen) atoms. The third-order valence-corrected chi connectivity index (χ3v) is 9.26. The van der Waals surface area contributed by atoms with Crippen molar-refractivity contribution < 1.29 is 27.9 Å². The van der Waals surface area contributed by atoms with E-state index in [9.17, 15) is 8.42 Å². The first-order valence-corrected chi connectivity index (χ1v) is 13.7. The SMILES string of the molecule is CC1=C(C)c2cc3[n-]c(cc4nc(cc5[n-]c(cc1n2)c(C)c5C)CC4(C)C)c1c3CS(=O)(=O)C1.[Zn+2]. The molecule has 6 nitrogen and oxygen atoms in total. The Morgan fingerprint density at radius 3 is 1.86 bits per heavy atom. The van der Waals surface area contributed by atoms with Crippen molar-refractivity contribution in [3.63, 3.8) is 0 Å². The summed E-state index contributed by atoms with van der Waals surface area (Å²) in [6.45, 7) is 12.7. The Morgan fingerprint density at radius 1 is 0.750 bits per heavy atom. The third kappa shape index (κ3) is 3.90. The molecule has 0 aromatic carbocycles. The van der Waals surface area contributed by atoms with Gasteiger partial charge in [-0.1, -0.05) is 49.2 Å². The van der Waals surface area contributed by atoms with E-state index < -0.39 is 9.84 Å². The summed E-state index contributed by atoms with van der Waals surface area (Å²) in [5, 5.41) is 0. The number of rotatable bonds is 0. The maximum Gasteiger partial charge on any atom is 2.00 e. The summed E-state index contributed by atoms with van der Waals surface area (Å²) >= 11 is 0. The van der Waals surface area contributed by atoms with Crippen LogP contribution in [0.5, 0.6) is 0 Å². The first kappa shape index (κ1) is 25.1. The Kier molecular flexibility index (Phi) is 5.73. The van der Waals surface area contributed by atoms with Crippen LogP contribution in [0.1, 0.15) is 72.7 Å². The monoisotopic (exact) mass is 548 g/mol. The Hall–Kier alpha value is -2.57. The molecule has 0 N–H and O–H groups in total. The maximum atomic E-state index is 12.6. The van der Waals surface area contributed by atoms with Gasteiger partial charge < -0.3 is 9.97 Å². The van der Waals surface area contributed by atoms with Crippen LogP contribution < -0.4 is 9.97 Å². The molecule has 0 atom stereocenters. The smallest absolute Gasteiger partial charge is 0.657 e. The number of hydrogen-bond acceptors (Lipinski definition) is 4. The van der Waals surface area contributed by atoms with Gasteiger partial charge in [-0.2, -0.15) is 0 Å². The van der Waals surface area contributed by atoms with Crippen LogP contribution in [0.4, 0.5) is 0 Å². The second-order valence-corrected chi connectivity index (χ2v) is 12.8. The summed E-state index contributed by atoms with van der Waals surface area (Å²) in [5.74, 6) is 0.0431. The Bertz CT molecular complexity index is 1760. The average Bonchev–Trinajstić information content (AvgIpc) is 3.48. The van der Waals surface area contributed by atoms with Crippen LogP contribution in [0.15, 0.2) is 24.3 Å². The van der Waals surface area contributed by atoms with Crippen molar-refractivity contribution in [3.8, 4) is 0 Å². The molecule has 3 aromatic rings. The number of nitrogens with zero attached hydrogens (tertiary/aromatic N) is 4. The Labute approximate surface area is 224 Å². The molecule has 6 heterocycles.